The quantitative estimate of drug-likeness (QED) is 0.850. The first-order valence-electron chi connectivity index (χ1n) is 6.78. The number of alkyl halides is 2. The molecule has 2 atom stereocenters. The Morgan fingerprint density at radius 1 is 1.29 bits per heavy atom. The van der Waals surface area contributed by atoms with Crippen molar-refractivity contribution >= 4 is 46.3 Å². The lowest BCUT2D eigenvalue weighted by atomic mass is 9.94. The van der Waals surface area contributed by atoms with Gasteiger partial charge in [-0.25, -0.2) is 9.48 Å². The van der Waals surface area contributed by atoms with Crippen molar-refractivity contribution < 1.29 is 9.90 Å². The van der Waals surface area contributed by atoms with Crippen LogP contribution in [0.15, 0.2) is 29.8 Å². The molecule has 0 radical (unpaired) electrons. The summed E-state index contributed by atoms with van der Waals surface area (Å²) in [6, 6.07) is 7.23. The number of carbonyl (C=O) groups is 1. The smallest absolute Gasteiger partial charge is 0.357 e. The molecule has 1 aliphatic rings. The summed E-state index contributed by atoms with van der Waals surface area (Å²) in [4.78, 5) is 11.3. The molecule has 1 N–H and O–H groups in total. The summed E-state index contributed by atoms with van der Waals surface area (Å²) < 4.78 is 1.57. The van der Waals surface area contributed by atoms with Crippen LogP contribution in [-0.4, -0.2) is 31.6 Å². The summed E-state index contributed by atoms with van der Waals surface area (Å²) in [6.45, 7) is 0. The van der Waals surface area contributed by atoms with Gasteiger partial charge in [-0.05, 0) is 30.9 Å². The molecule has 1 aromatic carbocycles. The Kier molecular flexibility index (Phi) is 3.91. The molecule has 4 nitrogen and oxygen atoms in total. The van der Waals surface area contributed by atoms with Crippen LogP contribution in [0.4, 0.5) is 0 Å². The Hall–Kier alpha value is -1.52. The van der Waals surface area contributed by atoms with Crippen molar-refractivity contribution in [3.63, 3.8) is 0 Å². The van der Waals surface area contributed by atoms with Crippen molar-refractivity contribution in [3.05, 3.63) is 35.5 Å². The molecule has 0 unspecified atom stereocenters. The first-order chi connectivity index (χ1) is 10.1. The molecule has 0 amide bonds. The van der Waals surface area contributed by atoms with E-state index in [0.717, 1.165) is 30.4 Å². The molecule has 2 aromatic rings. The van der Waals surface area contributed by atoms with Crippen molar-refractivity contribution in [1.29, 1.82) is 0 Å². The number of aromatic nitrogens is 2. The number of carboxylic acids is 1. The van der Waals surface area contributed by atoms with Crippen LogP contribution in [0.25, 0.3) is 17.1 Å². The Morgan fingerprint density at radius 2 is 1.95 bits per heavy atom. The van der Waals surface area contributed by atoms with E-state index in [1.807, 2.05) is 12.1 Å². The highest BCUT2D eigenvalue weighted by atomic mass is 35.5. The highest BCUT2D eigenvalue weighted by Gasteiger charge is 2.25. The van der Waals surface area contributed by atoms with Crippen LogP contribution < -0.4 is 0 Å². The van der Waals surface area contributed by atoms with Gasteiger partial charge in [0, 0.05) is 11.6 Å². The van der Waals surface area contributed by atoms with Crippen LogP contribution in [0.1, 0.15) is 29.8 Å². The number of hydrogen-bond acceptors (Lipinski definition) is 2. The van der Waals surface area contributed by atoms with Gasteiger partial charge < -0.3 is 5.11 Å². The minimum absolute atomic E-state index is 0.0375. The van der Waals surface area contributed by atoms with Crippen molar-refractivity contribution in [2.45, 2.75) is 30.0 Å². The molecule has 3 rings (SSSR count). The van der Waals surface area contributed by atoms with Gasteiger partial charge >= 0.3 is 5.97 Å². The predicted octanol–water partition coefficient (Wildman–Crippen LogP) is 3.97. The molecule has 0 aliphatic heterocycles. The normalized spacial score (nSPS) is 24.6. The summed E-state index contributed by atoms with van der Waals surface area (Å²) in [5.41, 5.74) is 1.67. The Morgan fingerprint density at radius 3 is 2.62 bits per heavy atom. The monoisotopic (exact) mass is 324 g/mol. The molecule has 1 heterocycles. The Bertz CT molecular complexity index is 712. The molecule has 1 aliphatic carbocycles. The number of carboxylic acid groups (broad SMARTS) is 1. The fourth-order valence-corrected chi connectivity index (χ4v) is 3.44. The average molecular weight is 325 g/mol. The maximum atomic E-state index is 11.3. The molecule has 0 saturated heterocycles. The van der Waals surface area contributed by atoms with Crippen molar-refractivity contribution in [3.8, 4) is 0 Å². The number of fused-ring (bicyclic) bond motifs is 1. The number of allylic oxidation sites excluding steroid dienone is 1. The van der Waals surface area contributed by atoms with Crippen molar-refractivity contribution in [2.24, 2.45) is 0 Å². The van der Waals surface area contributed by atoms with Gasteiger partial charge in [0.15, 0.2) is 5.69 Å². The Balaban J connectivity index is 2.14. The third-order valence-electron chi connectivity index (χ3n) is 3.73. The molecule has 110 valence electrons. The summed E-state index contributed by atoms with van der Waals surface area (Å²) >= 11 is 12.7. The third-order valence-corrected chi connectivity index (χ3v) is 4.67. The van der Waals surface area contributed by atoms with E-state index >= 15 is 0 Å². The molecular formula is C15H14Cl2N2O2. The summed E-state index contributed by atoms with van der Waals surface area (Å²) in [5, 5.41) is 13.8. The fraction of sp³-hybridized carbons (Fsp3) is 0.333. The molecular weight excluding hydrogens is 311 g/mol. The van der Waals surface area contributed by atoms with Gasteiger partial charge in [-0.3, -0.25) is 0 Å². The minimum atomic E-state index is -1.04. The molecule has 1 saturated carbocycles. The van der Waals surface area contributed by atoms with Gasteiger partial charge in [-0.1, -0.05) is 18.2 Å². The predicted molar refractivity (Wildman–Crippen MR) is 84.1 cm³/mol. The lowest BCUT2D eigenvalue weighted by molar-refractivity contribution is 0.0692. The van der Waals surface area contributed by atoms with Crippen LogP contribution in [0.5, 0.6) is 0 Å². The summed E-state index contributed by atoms with van der Waals surface area (Å²) in [6.07, 6.45) is 4.53. The largest absolute Gasteiger partial charge is 0.476 e. The maximum Gasteiger partial charge on any atom is 0.357 e. The maximum absolute atomic E-state index is 11.3. The number of hydrogen-bond donors (Lipinski definition) is 1. The van der Waals surface area contributed by atoms with E-state index in [4.69, 9.17) is 23.2 Å². The zero-order valence-corrected chi connectivity index (χ0v) is 12.7. The number of para-hydroxylation sites is 1. The van der Waals surface area contributed by atoms with Gasteiger partial charge in [0.2, 0.25) is 0 Å². The highest BCUT2D eigenvalue weighted by molar-refractivity contribution is 6.27. The van der Waals surface area contributed by atoms with Gasteiger partial charge in [-0.15, -0.1) is 23.2 Å². The number of rotatable bonds is 2. The van der Waals surface area contributed by atoms with Crippen molar-refractivity contribution in [2.75, 3.05) is 0 Å². The van der Waals surface area contributed by atoms with Gasteiger partial charge in [0.25, 0.3) is 0 Å². The zero-order valence-electron chi connectivity index (χ0n) is 11.2. The van der Waals surface area contributed by atoms with Crippen LogP contribution in [0.2, 0.25) is 0 Å². The van der Waals surface area contributed by atoms with Gasteiger partial charge in [0.05, 0.1) is 16.3 Å². The second kappa shape index (κ2) is 5.70. The molecule has 0 bridgehead atoms. The van der Waals surface area contributed by atoms with Crippen LogP contribution in [0, 0.1) is 0 Å². The van der Waals surface area contributed by atoms with E-state index in [-0.39, 0.29) is 16.4 Å². The minimum Gasteiger partial charge on any atom is -0.476 e. The summed E-state index contributed by atoms with van der Waals surface area (Å²) in [5.74, 6) is -1.04. The van der Waals surface area contributed by atoms with E-state index in [9.17, 15) is 9.90 Å². The van der Waals surface area contributed by atoms with E-state index in [0.29, 0.717) is 5.39 Å². The van der Waals surface area contributed by atoms with E-state index in [2.05, 4.69) is 5.10 Å². The van der Waals surface area contributed by atoms with E-state index in [1.165, 1.54) is 0 Å². The van der Waals surface area contributed by atoms with E-state index < -0.39 is 5.97 Å². The van der Waals surface area contributed by atoms with Gasteiger partial charge in [0.1, 0.15) is 0 Å². The molecule has 1 fully saturated rings. The molecule has 1 aromatic heterocycles. The van der Waals surface area contributed by atoms with Crippen LogP contribution in [0.3, 0.4) is 0 Å². The zero-order chi connectivity index (χ0) is 15.0. The third kappa shape index (κ3) is 2.65. The number of halogens is 2. The van der Waals surface area contributed by atoms with Crippen LogP contribution >= 0.6 is 23.2 Å². The first-order valence-corrected chi connectivity index (χ1v) is 7.65. The highest BCUT2D eigenvalue weighted by Crippen LogP contribution is 2.33. The lowest BCUT2D eigenvalue weighted by Gasteiger charge is -2.24. The fourth-order valence-electron chi connectivity index (χ4n) is 2.65. The number of benzene rings is 1. The molecule has 6 heteroatoms. The second-order valence-electron chi connectivity index (χ2n) is 5.11. The van der Waals surface area contributed by atoms with Crippen molar-refractivity contribution in [1.82, 2.24) is 9.78 Å². The van der Waals surface area contributed by atoms with E-state index in [1.54, 1.807) is 23.0 Å². The molecule has 21 heavy (non-hydrogen) atoms. The number of nitrogens with zero attached hydrogens (tertiary/aromatic N) is 2. The topological polar surface area (TPSA) is 55.1 Å². The van der Waals surface area contributed by atoms with Crippen LogP contribution in [-0.2, 0) is 0 Å². The SMILES string of the molecule is O=C(O)c1nn(C=C2[C@H](Cl)CCC[C@@H]2Cl)c2ccccc12. The Labute approximate surface area is 132 Å². The molecule has 0 spiro atoms. The lowest BCUT2D eigenvalue weighted by Crippen LogP contribution is -2.20. The van der Waals surface area contributed by atoms with Gasteiger partial charge in [-0.2, -0.15) is 5.10 Å². The second-order valence-corrected chi connectivity index (χ2v) is 6.16. The average Bonchev–Trinajstić information content (AvgIpc) is 2.82. The first kappa shape index (κ1) is 14.4. The standard InChI is InChI=1S/C15H14Cl2N2O2/c16-11-5-3-6-12(17)10(11)8-19-13-7-2-1-4-9(13)14(18-19)15(20)21/h1-2,4,7-8,11-12H,3,5-6H2,(H,20,21)/t11-,12+. The summed E-state index contributed by atoms with van der Waals surface area (Å²) in [7, 11) is 0. The number of aromatic carboxylic acids is 1.